The van der Waals surface area contributed by atoms with Crippen LogP contribution in [0.1, 0.15) is 36.5 Å². The highest BCUT2D eigenvalue weighted by molar-refractivity contribution is 6.67. The minimum atomic E-state index is -0.506. The van der Waals surface area contributed by atoms with Gasteiger partial charge in [-0.2, -0.15) is 5.10 Å². The number of carbonyl (C=O) groups excluding carboxylic acids is 1. The zero-order valence-corrected chi connectivity index (χ0v) is 14.6. The van der Waals surface area contributed by atoms with Crippen molar-refractivity contribution >= 4 is 16.8 Å². The number of hydrogen-bond donors (Lipinski definition) is 0. The zero-order valence-electron chi connectivity index (χ0n) is 13.8. The maximum atomic E-state index is 11.1. The van der Waals surface area contributed by atoms with Crippen LogP contribution in [0.15, 0.2) is 36.7 Å². The van der Waals surface area contributed by atoms with Gasteiger partial charge >= 0.3 is 0 Å². The van der Waals surface area contributed by atoms with Gasteiger partial charge in [-0.3, -0.25) is 4.79 Å². The van der Waals surface area contributed by atoms with Crippen LogP contribution in [-0.4, -0.2) is 45.7 Å². The van der Waals surface area contributed by atoms with E-state index in [4.69, 9.17) is 16.3 Å². The molecule has 1 saturated heterocycles. The van der Waals surface area contributed by atoms with E-state index in [0.29, 0.717) is 11.6 Å². The Kier molecular flexibility index (Phi) is 5.53. The number of aromatic nitrogens is 2. The summed E-state index contributed by atoms with van der Waals surface area (Å²) in [4.78, 5) is 13.6. The van der Waals surface area contributed by atoms with Crippen LogP contribution in [0, 0.1) is 0 Å². The molecule has 2 heterocycles. The second-order valence-corrected chi connectivity index (χ2v) is 6.51. The first-order valence-electron chi connectivity index (χ1n) is 8.35. The summed E-state index contributed by atoms with van der Waals surface area (Å²) < 4.78 is 7.42. The smallest absolute Gasteiger partial charge is 0.255 e. The van der Waals surface area contributed by atoms with Crippen molar-refractivity contribution in [2.24, 2.45) is 0 Å². The van der Waals surface area contributed by atoms with Crippen molar-refractivity contribution in [3.63, 3.8) is 0 Å². The molecule has 128 valence electrons. The Bertz CT molecular complexity index is 684. The lowest BCUT2D eigenvalue weighted by Crippen LogP contribution is -2.28. The molecule has 0 radical (unpaired) electrons. The number of ether oxygens (including phenoxy) is 1. The third-order valence-corrected chi connectivity index (χ3v) is 4.68. The average molecular weight is 348 g/mol. The van der Waals surface area contributed by atoms with Gasteiger partial charge in [-0.05, 0) is 68.6 Å². The van der Waals surface area contributed by atoms with E-state index in [0.717, 1.165) is 31.0 Å². The van der Waals surface area contributed by atoms with Gasteiger partial charge in [0.25, 0.3) is 5.24 Å². The van der Waals surface area contributed by atoms with E-state index >= 15 is 0 Å². The fourth-order valence-electron chi connectivity index (χ4n) is 3.04. The number of carbonyl (C=O) groups is 1. The predicted molar refractivity (Wildman–Crippen MR) is 94.1 cm³/mol. The van der Waals surface area contributed by atoms with Gasteiger partial charge in [0.15, 0.2) is 0 Å². The Morgan fingerprint density at radius 2 is 2.17 bits per heavy atom. The molecular formula is C18H22ClN3O2. The van der Waals surface area contributed by atoms with Gasteiger partial charge in [-0.1, -0.05) is 0 Å². The molecule has 0 bridgehead atoms. The molecule has 1 fully saturated rings. The molecule has 1 aliphatic heterocycles. The fourth-order valence-corrected chi connectivity index (χ4v) is 3.14. The molecule has 24 heavy (non-hydrogen) atoms. The van der Waals surface area contributed by atoms with E-state index in [9.17, 15) is 4.79 Å². The molecule has 1 aromatic heterocycles. The minimum Gasteiger partial charge on any atom is -0.494 e. The number of rotatable bonds is 7. The highest BCUT2D eigenvalue weighted by Gasteiger charge is 2.19. The van der Waals surface area contributed by atoms with Gasteiger partial charge in [-0.15, -0.1) is 0 Å². The van der Waals surface area contributed by atoms with Gasteiger partial charge < -0.3 is 9.64 Å². The molecule has 0 N–H and O–H groups in total. The summed E-state index contributed by atoms with van der Waals surface area (Å²) >= 11 is 5.44. The van der Waals surface area contributed by atoms with Crippen LogP contribution in [0.2, 0.25) is 0 Å². The number of hydrogen-bond acceptors (Lipinski definition) is 4. The third kappa shape index (κ3) is 4.16. The first-order chi connectivity index (χ1) is 11.6. The molecule has 1 unspecified atom stereocenters. The van der Waals surface area contributed by atoms with Crippen LogP contribution in [0.3, 0.4) is 0 Å². The first kappa shape index (κ1) is 17.0. The van der Waals surface area contributed by atoms with Crippen molar-refractivity contribution in [2.45, 2.75) is 32.2 Å². The summed E-state index contributed by atoms with van der Waals surface area (Å²) in [5, 5.41) is 3.62. The number of likely N-dealkylation sites (tertiary alicyclic amines) is 1. The minimum absolute atomic E-state index is 0.383. The van der Waals surface area contributed by atoms with Crippen molar-refractivity contribution in [3.05, 3.63) is 42.2 Å². The standard InChI is InChI=1S/C18H22ClN3O2/c1-14-4-2-9-21(14)10-3-11-24-17-7-5-16(6-8-17)22-13-15(12-20-22)18(19)23/h5-8,12-14H,2-4,9-11H2,1H3. The van der Waals surface area contributed by atoms with Gasteiger partial charge in [0.1, 0.15) is 5.75 Å². The third-order valence-electron chi connectivity index (χ3n) is 4.46. The monoisotopic (exact) mass is 347 g/mol. The van der Waals surface area contributed by atoms with Crippen molar-refractivity contribution in [1.82, 2.24) is 14.7 Å². The summed E-state index contributed by atoms with van der Waals surface area (Å²) in [6.07, 6.45) is 6.73. The van der Waals surface area contributed by atoms with Crippen LogP contribution >= 0.6 is 11.6 Å². The van der Waals surface area contributed by atoms with Crippen molar-refractivity contribution in [3.8, 4) is 11.4 Å². The van der Waals surface area contributed by atoms with E-state index in [1.165, 1.54) is 25.6 Å². The summed E-state index contributed by atoms with van der Waals surface area (Å²) in [5.74, 6) is 0.842. The second kappa shape index (κ2) is 7.81. The van der Waals surface area contributed by atoms with Gasteiger partial charge in [0.2, 0.25) is 0 Å². The zero-order chi connectivity index (χ0) is 16.9. The van der Waals surface area contributed by atoms with Crippen LogP contribution < -0.4 is 4.74 Å². The van der Waals surface area contributed by atoms with Crippen molar-refractivity contribution < 1.29 is 9.53 Å². The summed E-state index contributed by atoms with van der Waals surface area (Å²) in [5.41, 5.74) is 1.24. The molecule has 2 aromatic rings. The normalized spacial score (nSPS) is 18.0. The Labute approximate surface area is 147 Å². The predicted octanol–water partition coefficient (Wildman–Crippen LogP) is 3.50. The molecule has 5 nitrogen and oxygen atoms in total. The van der Waals surface area contributed by atoms with Gasteiger partial charge in [0.05, 0.1) is 24.1 Å². The SMILES string of the molecule is CC1CCCN1CCCOc1ccc(-n2cc(C(=O)Cl)cn2)cc1. The lowest BCUT2D eigenvalue weighted by atomic mass is 10.2. The van der Waals surface area contributed by atoms with E-state index in [1.807, 2.05) is 24.3 Å². The first-order valence-corrected chi connectivity index (χ1v) is 8.73. The van der Waals surface area contributed by atoms with Crippen LogP contribution in [0.25, 0.3) is 5.69 Å². The lowest BCUT2D eigenvalue weighted by Gasteiger charge is -2.20. The van der Waals surface area contributed by atoms with Crippen LogP contribution in [0.5, 0.6) is 5.75 Å². The molecule has 0 spiro atoms. The molecule has 0 amide bonds. The molecule has 1 aliphatic rings. The van der Waals surface area contributed by atoms with Gasteiger partial charge in [-0.25, -0.2) is 4.68 Å². The lowest BCUT2D eigenvalue weighted by molar-refractivity contribution is 0.108. The van der Waals surface area contributed by atoms with Crippen LogP contribution in [-0.2, 0) is 0 Å². The number of halogens is 1. The van der Waals surface area contributed by atoms with E-state index in [1.54, 1.807) is 10.9 Å². The van der Waals surface area contributed by atoms with E-state index < -0.39 is 5.24 Å². The highest BCUT2D eigenvalue weighted by atomic mass is 35.5. The molecule has 1 atom stereocenters. The van der Waals surface area contributed by atoms with Crippen molar-refractivity contribution in [2.75, 3.05) is 19.7 Å². The fraction of sp³-hybridized carbons (Fsp3) is 0.444. The quantitative estimate of drug-likeness (QED) is 0.568. The second-order valence-electron chi connectivity index (χ2n) is 6.17. The molecule has 0 aliphatic carbocycles. The highest BCUT2D eigenvalue weighted by Crippen LogP contribution is 2.18. The Morgan fingerprint density at radius 1 is 1.38 bits per heavy atom. The average Bonchev–Trinajstić information content (AvgIpc) is 3.22. The van der Waals surface area contributed by atoms with Crippen LogP contribution in [0.4, 0.5) is 0 Å². The molecule has 3 rings (SSSR count). The van der Waals surface area contributed by atoms with Crippen molar-refractivity contribution in [1.29, 1.82) is 0 Å². The Balaban J connectivity index is 1.48. The number of benzene rings is 1. The Morgan fingerprint density at radius 3 is 2.79 bits per heavy atom. The van der Waals surface area contributed by atoms with E-state index in [-0.39, 0.29) is 0 Å². The maximum Gasteiger partial charge on any atom is 0.255 e. The summed E-state index contributed by atoms with van der Waals surface area (Å²) in [6, 6.07) is 8.36. The topological polar surface area (TPSA) is 47.4 Å². The Hall–Kier alpha value is -1.85. The summed E-state index contributed by atoms with van der Waals surface area (Å²) in [7, 11) is 0. The molecule has 0 saturated carbocycles. The van der Waals surface area contributed by atoms with E-state index in [2.05, 4.69) is 16.9 Å². The molecule has 1 aromatic carbocycles. The molecular weight excluding hydrogens is 326 g/mol. The largest absolute Gasteiger partial charge is 0.494 e. The molecule has 6 heteroatoms. The number of nitrogens with zero attached hydrogens (tertiary/aromatic N) is 3. The maximum absolute atomic E-state index is 11.1. The van der Waals surface area contributed by atoms with Gasteiger partial charge in [0, 0.05) is 18.8 Å². The summed E-state index contributed by atoms with van der Waals surface area (Å²) in [6.45, 7) is 5.33.